The lowest BCUT2D eigenvalue weighted by Crippen LogP contribution is -2.48. The molecule has 1 aliphatic rings. The van der Waals surface area contributed by atoms with Crippen molar-refractivity contribution in [3.63, 3.8) is 0 Å². The SMILES string of the molecule is C[C@@H]1CCCCO[C@@H](CN(C)C(=O)Nc2ccc(C(F)(F)F)cc2)[C@H](C)CN([C@@H](C)CO)C(=O)c2cc(NS(=O)(=O)c3ccc(F)cc3)ccc2O1. The van der Waals surface area contributed by atoms with Crippen LogP contribution in [0.4, 0.5) is 33.7 Å². The third-order valence-corrected chi connectivity index (χ3v) is 10.1. The Morgan fingerprint density at radius 3 is 2.33 bits per heavy atom. The van der Waals surface area contributed by atoms with Gasteiger partial charge in [-0.2, -0.15) is 13.2 Å². The molecule has 16 heteroatoms. The Kier molecular flexibility index (Phi) is 13.5. The predicted octanol–water partition coefficient (Wildman–Crippen LogP) is 6.60. The highest BCUT2D eigenvalue weighted by atomic mass is 32.2. The molecule has 1 aliphatic heterocycles. The van der Waals surface area contributed by atoms with Crippen LogP contribution in [-0.2, 0) is 20.9 Å². The van der Waals surface area contributed by atoms with Crippen LogP contribution in [0, 0.1) is 11.7 Å². The Morgan fingerprint density at radius 1 is 1.04 bits per heavy atom. The number of fused-ring (bicyclic) bond motifs is 1. The Balaban J connectivity index is 1.59. The number of amides is 3. The Hall–Kier alpha value is -4.41. The summed E-state index contributed by atoms with van der Waals surface area (Å²) in [4.78, 5) is 30.0. The number of aliphatic hydroxyl groups is 1. The minimum atomic E-state index is -4.51. The van der Waals surface area contributed by atoms with Crippen molar-refractivity contribution in [2.45, 2.75) is 69.4 Å². The molecule has 3 aromatic carbocycles. The molecule has 0 saturated heterocycles. The number of sulfonamides is 1. The molecule has 3 amide bonds. The van der Waals surface area contributed by atoms with Crippen molar-refractivity contribution in [1.82, 2.24) is 9.80 Å². The highest BCUT2D eigenvalue weighted by Crippen LogP contribution is 2.31. The summed E-state index contributed by atoms with van der Waals surface area (Å²) in [6.07, 6.45) is -3.49. The summed E-state index contributed by atoms with van der Waals surface area (Å²) in [7, 11) is -2.63. The highest BCUT2D eigenvalue weighted by molar-refractivity contribution is 7.92. The van der Waals surface area contributed by atoms with Crippen LogP contribution in [-0.4, -0.2) is 86.9 Å². The van der Waals surface area contributed by atoms with Gasteiger partial charge in [0.25, 0.3) is 15.9 Å². The van der Waals surface area contributed by atoms with E-state index in [9.17, 15) is 40.7 Å². The first-order chi connectivity index (χ1) is 24.5. The monoisotopic (exact) mass is 752 g/mol. The predicted molar refractivity (Wildman–Crippen MR) is 187 cm³/mol. The number of halogens is 4. The molecule has 3 N–H and O–H groups in total. The lowest BCUT2D eigenvalue weighted by Gasteiger charge is -2.35. The maximum absolute atomic E-state index is 14.3. The summed E-state index contributed by atoms with van der Waals surface area (Å²) >= 11 is 0. The molecule has 52 heavy (non-hydrogen) atoms. The van der Waals surface area contributed by atoms with Crippen LogP contribution in [0.5, 0.6) is 5.75 Å². The summed E-state index contributed by atoms with van der Waals surface area (Å²) in [6, 6.07) is 11.4. The van der Waals surface area contributed by atoms with Crippen molar-refractivity contribution in [2.24, 2.45) is 5.92 Å². The van der Waals surface area contributed by atoms with Gasteiger partial charge in [0.2, 0.25) is 0 Å². The maximum atomic E-state index is 14.3. The van der Waals surface area contributed by atoms with E-state index in [1.807, 2.05) is 13.8 Å². The summed E-state index contributed by atoms with van der Waals surface area (Å²) in [5.74, 6) is -1.35. The Morgan fingerprint density at radius 2 is 1.69 bits per heavy atom. The van der Waals surface area contributed by atoms with Gasteiger partial charge in [0.05, 0.1) is 40.9 Å². The average molecular weight is 753 g/mol. The number of rotatable bonds is 8. The molecule has 11 nitrogen and oxygen atoms in total. The summed E-state index contributed by atoms with van der Waals surface area (Å²) in [6.45, 7) is 5.38. The number of carbonyl (C=O) groups is 2. The van der Waals surface area contributed by atoms with E-state index < -0.39 is 64.2 Å². The van der Waals surface area contributed by atoms with Gasteiger partial charge in [0.15, 0.2) is 0 Å². The van der Waals surface area contributed by atoms with Crippen LogP contribution in [0.25, 0.3) is 0 Å². The highest BCUT2D eigenvalue weighted by Gasteiger charge is 2.32. The normalized spacial score (nSPS) is 19.8. The summed E-state index contributed by atoms with van der Waals surface area (Å²) < 4.78 is 93.5. The third-order valence-electron chi connectivity index (χ3n) is 8.69. The van der Waals surface area contributed by atoms with Gasteiger partial charge in [-0.15, -0.1) is 0 Å². The molecule has 4 atom stereocenters. The molecule has 0 aliphatic carbocycles. The second kappa shape index (κ2) is 17.4. The number of hydrogen-bond donors (Lipinski definition) is 3. The second-order valence-corrected chi connectivity index (χ2v) is 14.6. The van der Waals surface area contributed by atoms with Gasteiger partial charge in [-0.3, -0.25) is 9.52 Å². The number of alkyl halides is 3. The van der Waals surface area contributed by atoms with Crippen LogP contribution in [0.15, 0.2) is 71.6 Å². The first-order valence-corrected chi connectivity index (χ1v) is 18.3. The summed E-state index contributed by atoms with van der Waals surface area (Å²) in [5.41, 5.74) is -0.572. The Labute approximate surface area is 300 Å². The topological polar surface area (TPSA) is 138 Å². The molecule has 0 radical (unpaired) electrons. The van der Waals surface area contributed by atoms with E-state index in [-0.39, 0.29) is 46.8 Å². The van der Waals surface area contributed by atoms with E-state index >= 15 is 0 Å². The van der Waals surface area contributed by atoms with Crippen LogP contribution >= 0.6 is 0 Å². The second-order valence-electron chi connectivity index (χ2n) is 13.0. The summed E-state index contributed by atoms with van der Waals surface area (Å²) in [5, 5.41) is 12.8. The lowest BCUT2D eigenvalue weighted by atomic mass is 10.0. The van der Waals surface area contributed by atoms with Gasteiger partial charge in [-0.05, 0) is 99.8 Å². The fourth-order valence-electron chi connectivity index (χ4n) is 5.59. The van der Waals surface area contributed by atoms with E-state index in [2.05, 4.69) is 10.0 Å². The van der Waals surface area contributed by atoms with E-state index in [0.717, 1.165) is 48.5 Å². The lowest BCUT2D eigenvalue weighted by molar-refractivity contribution is -0.137. The van der Waals surface area contributed by atoms with Gasteiger partial charge >= 0.3 is 12.2 Å². The van der Waals surface area contributed by atoms with Crippen LogP contribution < -0.4 is 14.8 Å². The van der Waals surface area contributed by atoms with Gasteiger partial charge in [0, 0.05) is 44.0 Å². The fraction of sp³-hybridized carbons (Fsp3) is 0.444. The van der Waals surface area contributed by atoms with Crippen molar-refractivity contribution in [2.75, 3.05) is 43.4 Å². The van der Waals surface area contributed by atoms with Gasteiger partial charge in [-0.1, -0.05) is 6.92 Å². The number of benzene rings is 3. The first kappa shape index (κ1) is 40.4. The molecular formula is C36H44F4N4O7S. The molecule has 284 valence electrons. The van der Waals surface area contributed by atoms with Crippen LogP contribution in [0.2, 0.25) is 0 Å². The molecule has 0 aromatic heterocycles. The number of carbonyl (C=O) groups excluding carboxylic acids is 2. The minimum Gasteiger partial charge on any atom is -0.490 e. The van der Waals surface area contributed by atoms with Crippen molar-refractivity contribution in [1.29, 1.82) is 0 Å². The van der Waals surface area contributed by atoms with Gasteiger partial charge in [-0.25, -0.2) is 17.6 Å². The first-order valence-electron chi connectivity index (χ1n) is 16.8. The number of nitrogens with zero attached hydrogens (tertiary/aromatic N) is 2. The quantitative estimate of drug-likeness (QED) is 0.221. The molecule has 0 unspecified atom stereocenters. The zero-order valence-corrected chi connectivity index (χ0v) is 30.1. The van der Waals surface area contributed by atoms with E-state index in [1.165, 1.54) is 35.0 Å². The molecule has 4 rings (SSSR count). The number of aliphatic hydroxyl groups excluding tert-OH is 1. The number of anilines is 2. The number of urea groups is 1. The molecular weight excluding hydrogens is 708 g/mol. The van der Waals surface area contributed by atoms with E-state index in [0.29, 0.717) is 25.9 Å². The molecule has 0 fully saturated rings. The fourth-order valence-corrected chi connectivity index (χ4v) is 6.64. The minimum absolute atomic E-state index is 0.0428. The number of likely N-dealkylation sites (N-methyl/N-ethyl adjacent to an activating group) is 1. The van der Waals surface area contributed by atoms with E-state index in [4.69, 9.17) is 9.47 Å². The zero-order chi connectivity index (χ0) is 38.2. The van der Waals surface area contributed by atoms with Crippen molar-refractivity contribution >= 4 is 33.3 Å². The van der Waals surface area contributed by atoms with Crippen molar-refractivity contribution in [3.8, 4) is 5.75 Å². The molecule has 3 aromatic rings. The van der Waals surface area contributed by atoms with Crippen LogP contribution in [0.3, 0.4) is 0 Å². The number of ether oxygens (including phenoxy) is 2. The van der Waals surface area contributed by atoms with Gasteiger partial charge < -0.3 is 29.7 Å². The van der Waals surface area contributed by atoms with Crippen LogP contribution in [0.1, 0.15) is 56.0 Å². The zero-order valence-electron chi connectivity index (χ0n) is 29.3. The van der Waals surface area contributed by atoms with Crippen molar-refractivity contribution < 1.29 is 50.1 Å². The molecule has 1 heterocycles. The molecule has 0 bridgehead atoms. The largest absolute Gasteiger partial charge is 0.490 e. The van der Waals surface area contributed by atoms with Gasteiger partial charge in [0.1, 0.15) is 11.6 Å². The number of nitrogens with one attached hydrogen (secondary N) is 2. The molecule has 0 spiro atoms. The Bertz CT molecular complexity index is 1780. The standard InChI is InChI=1S/C36H44F4N4O7S/c1-23-20-44(24(2)22-45)34(46)31-19-29(42-52(48,49)30-15-10-27(37)11-16-30)14-17-32(31)51-25(3)7-5-6-18-50-33(23)21-43(4)35(47)41-28-12-8-26(9-13-28)36(38,39)40/h8-17,19,23-25,33,42,45H,5-7,18,20-22H2,1-4H3,(H,41,47)/t23-,24+,25-,33+/m1/s1. The maximum Gasteiger partial charge on any atom is 0.416 e. The van der Waals surface area contributed by atoms with Crippen molar-refractivity contribution in [3.05, 3.63) is 83.7 Å². The average Bonchev–Trinajstić information content (AvgIpc) is 3.09. The third kappa shape index (κ3) is 10.8. The number of hydrogen-bond acceptors (Lipinski definition) is 7. The smallest absolute Gasteiger partial charge is 0.416 e. The molecule has 0 saturated carbocycles. The van der Waals surface area contributed by atoms with E-state index in [1.54, 1.807) is 6.92 Å².